The van der Waals surface area contributed by atoms with Crippen molar-refractivity contribution in [3.05, 3.63) is 0 Å². The topological polar surface area (TPSA) is 0 Å². The third kappa shape index (κ3) is 57.7. The summed E-state index contributed by atoms with van der Waals surface area (Å²) in [6.45, 7) is 0. The molecule has 0 saturated heterocycles. The molecule has 0 nitrogen and oxygen atoms in total. The van der Waals surface area contributed by atoms with Crippen LogP contribution in [-0.4, -0.2) is 0 Å². The summed E-state index contributed by atoms with van der Waals surface area (Å²) in [5, 5.41) is 0. The Bertz CT molecular complexity index is 41.3. The Morgan fingerprint density at radius 3 is 0.714 bits per heavy atom. The van der Waals surface area contributed by atoms with Gasteiger partial charge in [-0.2, -0.15) is 13.5 Å². The van der Waals surface area contributed by atoms with Crippen molar-refractivity contribution in [3.63, 3.8) is 0 Å². The molecule has 0 rings (SSSR count). The zero-order chi connectivity index (χ0) is 5.45. The van der Waals surface area contributed by atoms with Gasteiger partial charge in [-0.1, -0.05) is 0 Å². The van der Waals surface area contributed by atoms with Gasteiger partial charge >= 0.3 is 56.7 Å². The van der Waals surface area contributed by atoms with Crippen LogP contribution < -0.4 is 0 Å². The van der Waals surface area contributed by atoms with Gasteiger partial charge < -0.3 is 0 Å². The molecule has 0 spiro atoms. The second-order valence-electron chi connectivity index (χ2n) is 0.583. The van der Waals surface area contributed by atoms with Crippen LogP contribution >= 0.6 is 60.6 Å². The molecular weight excluding hydrogens is 305 g/mol. The molecule has 0 amide bonds. The van der Waals surface area contributed by atoms with E-state index in [-0.39, 0.29) is 13.5 Å². The van der Waals surface area contributed by atoms with Gasteiger partial charge in [-0.3, -0.25) is 0 Å². The summed E-state index contributed by atoms with van der Waals surface area (Å²) < 4.78 is 0. The van der Waals surface area contributed by atoms with Gasteiger partial charge in [0.1, 0.15) is 0 Å². The first-order valence-electron chi connectivity index (χ1n) is 0.772. The molecule has 0 aliphatic carbocycles. The Hall–Kier alpha value is 2.49. The Morgan fingerprint density at radius 2 is 0.714 bits per heavy atom. The molecule has 0 radical (unpaired) electrons. The zero-order valence-electron chi connectivity index (χ0n) is 2.80. The summed E-state index contributed by atoms with van der Waals surface area (Å²) >= 11 is 0. The summed E-state index contributed by atoms with van der Waals surface area (Å²) in [5.41, 5.74) is 0. The SMILES string of the molecule is S.[Cl][Mo]([Cl])([Cl])([Cl])[Cl]. The van der Waals surface area contributed by atoms with Gasteiger partial charge in [0.05, 0.1) is 0 Å². The summed E-state index contributed by atoms with van der Waals surface area (Å²) in [6.07, 6.45) is 0. The summed E-state index contributed by atoms with van der Waals surface area (Å²) in [5.74, 6) is 0. The van der Waals surface area contributed by atoms with Crippen LogP contribution in [0.4, 0.5) is 0 Å². The molecule has 0 aromatic carbocycles. The van der Waals surface area contributed by atoms with E-state index in [0.717, 1.165) is 0 Å². The fraction of sp³-hybridized carbons (Fsp3) is 0. The van der Waals surface area contributed by atoms with Crippen molar-refractivity contribution in [3.8, 4) is 0 Å². The number of halogens is 5. The molecule has 7 heavy (non-hydrogen) atoms. The third-order valence-electron chi connectivity index (χ3n) is 0. The van der Waals surface area contributed by atoms with Crippen LogP contribution in [-0.2, 0) is 9.60 Å². The number of hydrogen-bond acceptors (Lipinski definition) is 0. The average molecular weight is 307 g/mol. The Morgan fingerprint density at radius 1 is 0.714 bits per heavy atom. The summed E-state index contributed by atoms with van der Waals surface area (Å²) in [6, 6.07) is 0. The van der Waals surface area contributed by atoms with Crippen LogP contribution in [0.1, 0.15) is 0 Å². The number of hydrogen-bond donors (Lipinski definition) is 0. The minimum absolute atomic E-state index is 0. The van der Waals surface area contributed by atoms with Crippen molar-refractivity contribution in [1.82, 2.24) is 0 Å². The summed E-state index contributed by atoms with van der Waals surface area (Å²) in [7, 11) is 20.9. The molecule has 0 aromatic rings. The normalized spacial score (nSPS) is 16.4. The van der Waals surface area contributed by atoms with Gasteiger partial charge in [0, 0.05) is 0 Å². The molecule has 0 N–H and O–H groups in total. The maximum absolute atomic E-state index is 5.04. The van der Waals surface area contributed by atoms with E-state index in [2.05, 4.69) is 0 Å². The van der Waals surface area contributed by atoms with Crippen LogP contribution in [0.3, 0.4) is 0 Å². The molecule has 0 saturated carbocycles. The van der Waals surface area contributed by atoms with Gasteiger partial charge in [0.2, 0.25) is 0 Å². The Balaban J connectivity index is 0. The maximum atomic E-state index is 5.04. The van der Waals surface area contributed by atoms with E-state index in [1.807, 2.05) is 0 Å². The van der Waals surface area contributed by atoms with Crippen molar-refractivity contribution in [1.29, 1.82) is 0 Å². The predicted molar refractivity (Wildman–Crippen MR) is 39.6 cm³/mol. The standard InChI is InChI=1S/5ClH.Mo.H2S/h5*1H;;1H2/q;;;;;+5;/p-5. The van der Waals surface area contributed by atoms with Gasteiger partial charge in [0.25, 0.3) is 0 Å². The zero-order valence-corrected chi connectivity index (χ0v) is 9.58. The molecule has 0 bridgehead atoms. The van der Waals surface area contributed by atoms with E-state index in [1.54, 1.807) is 0 Å². The first-order chi connectivity index (χ1) is 2.24. The van der Waals surface area contributed by atoms with Crippen LogP contribution in [0.5, 0.6) is 0 Å². The molecule has 0 aliphatic heterocycles. The van der Waals surface area contributed by atoms with E-state index >= 15 is 0 Å². The van der Waals surface area contributed by atoms with Crippen LogP contribution in [0.15, 0.2) is 0 Å². The first kappa shape index (κ1) is 12.2. The molecule has 7 heteroatoms. The molecule has 0 aromatic heterocycles. The fourth-order valence-corrected chi connectivity index (χ4v) is 0. The van der Waals surface area contributed by atoms with E-state index in [0.29, 0.717) is 0 Å². The van der Waals surface area contributed by atoms with E-state index < -0.39 is 9.60 Å². The van der Waals surface area contributed by atoms with Gasteiger partial charge in [-0.25, -0.2) is 0 Å². The molecule has 0 aliphatic rings. The molecular formula is H2Cl5MoS. The second kappa shape index (κ2) is 3.05. The van der Waals surface area contributed by atoms with Crippen molar-refractivity contribution >= 4 is 60.6 Å². The molecule has 0 fully saturated rings. The van der Waals surface area contributed by atoms with Crippen molar-refractivity contribution < 1.29 is 9.60 Å². The van der Waals surface area contributed by atoms with Crippen LogP contribution in [0.25, 0.3) is 0 Å². The number of rotatable bonds is 0. The van der Waals surface area contributed by atoms with Crippen LogP contribution in [0.2, 0.25) is 0 Å². The fourth-order valence-electron chi connectivity index (χ4n) is 0. The Labute approximate surface area is 69.3 Å². The van der Waals surface area contributed by atoms with Gasteiger partial charge in [-0.15, -0.1) is 0 Å². The first-order valence-corrected chi connectivity index (χ1v) is 13.7. The Kier molecular flexibility index (Phi) is 5.32. The van der Waals surface area contributed by atoms with Crippen molar-refractivity contribution in [2.45, 2.75) is 0 Å². The second-order valence-corrected chi connectivity index (χ2v) is 31.1. The van der Waals surface area contributed by atoms with Gasteiger partial charge in [0.15, 0.2) is 0 Å². The van der Waals surface area contributed by atoms with Crippen LogP contribution in [0, 0.1) is 0 Å². The van der Waals surface area contributed by atoms with E-state index in [1.165, 1.54) is 0 Å². The van der Waals surface area contributed by atoms with E-state index in [4.69, 9.17) is 47.1 Å². The van der Waals surface area contributed by atoms with E-state index in [9.17, 15) is 0 Å². The minimum atomic E-state index is -4.26. The third-order valence-corrected chi connectivity index (χ3v) is 0. The molecule has 0 unspecified atom stereocenters. The monoisotopic (exact) mass is 307 g/mol. The predicted octanol–water partition coefficient (Wildman–Crippen LogP) is 3.56. The molecule has 49 valence electrons. The average Bonchev–Trinajstić information content (AvgIpc) is 0.650. The summed E-state index contributed by atoms with van der Waals surface area (Å²) in [4.78, 5) is 0. The molecule has 0 atom stereocenters. The van der Waals surface area contributed by atoms with Crippen molar-refractivity contribution in [2.75, 3.05) is 0 Å². The van der Waals surface area contributed by atoms with Crippen molar-refractivity contribution in [2.24, 2.45) is 0 Å². The molecule has 0 heterocycles. The van der Waals surface area contributed by atoms with Gasteiger partial charge in [-0.05, 0) is 0 Å². The quantitative estimate of drug-likeness (QED) is 0.600.